The van der Waals surface area contributed by atoms with Gasteiger partial charge in [-0.1, -0.05) is 83.1 Å². The van der Waals surface area contributed by atoms with Crippen LogP contribution in [-0.4, -0.2) is 23.4 Å². The summed E-state index contributed by atoms with van der Waals surface area (Å²) in [5.74, 6) is -1.17. The fourth-order valence-electron chi connectivity index (χ4n) is 2.71. The molecule has 2 aromatic carbocycles. The molecule has 8 heteroatoms. The lowest BCUT2D eigenvalue weighted by Crippen LogP contribution is -2.20. The summed E-state index contributed by atoms with van der Waals surface area (Å²) in [7, 11) is 0. The number of benzene rings is 2. The van der Waals surface area contributed by atoms with Crippen LogP contribution in [0.5, 0.6) is 0 Å². The summed E-state index contributed by atoms with van der Waals surface area (Å²) >= 11 is 2.51. The molecule has 0 saturated carbocycles. The van der Waals surface area contributed by atoms with Gasteiger partial charge in [0.15, 0.2) is 0 Å². The summed E-state index contributed by atoms with van der Waals surface area (Å²) in [6.07, 6.45) is 0. The number of hydrogen-bond donors (Lipinski definition) is 0. The minimum absolute atomic E-state index is 0.251. The first-order valence-electron chi connectivity index (χ1n) is 9.49. The predicted molar refractivity (Wildman–Crippen MR) is 125 cm³/mol. The van der Waals surface area contributed by atoms with Crippen molar-refractivity contribution >= 4 is 46.0 Å². The van der Waals surface area contributed by atoms with Crippen LogP contribution in [0.3, 0.4) is 0 Å². The summed E-state index contributed by atoms with van der Waals surface area (Å²) in [5, 5.41) is 11.8. The topological polar surface area (TPSA) is 77.3 Å². The van der Waals surface area contributed by atoms with Gasteiger partial charge in [-0.25, -0.2) is 9.59 Å². The second-order valence-corrected chi connectivity index (χ2v) is 8.22. The Morgan fingerprint density at radius 1 is 0.562 bits per heavy atom. The molecule has 0 saturated heterocycles. The SMILES string of the molecule is O=C(O/N=C(\C(=N/OC(=O)c1cccs1)c1ccccc1)c1ccccc1)c1cccs1. The van der Waals surface area contributed by atoms with Gasteiger partial charge in [0.05, 0.1) is 0 Å². The van der Waals surface area contributed by atoms with Crippen molar-refractivity contribution in [1.82, 2.24) is 0 Å². The van der Waals surface area contributed by atoms with Gasteiger partial charge in [0.2, 0.25) is 0 Å². The fraction of sp³-hybridized carbons (Fsp3) is 0. The Morgan fingerprint density at radius 3 is 1.31 bits per heavy atom. The Morgan fingerprint density at radius 2 is 0.969 bits per heavy atom. The van der Waals surface area contributed by atoms with E-state index < -0.39 is 11.9 Å². The Bertz CT molecular complexity index is 1130. The van der Waals surface area contributed by atoms with E-state index in [0.717, 1.165) is 0 Å². The van der Waals surface area contributed by atoms with Crippen molar-refractivity contribution in [3.8, 4) is 0 Å². The third-order valence-corrected chi connectivity index (χ3v) is 5.90. The second-order valence-electron chi connectivity index (χ2n) is 6.32. The highest BCUT2D eigenvalue weighted by Gasteiger charge is 2.19. The van der Waals surface area contributed by atoms with Crippen molar-refractivity contribution in [1.29, 1.82) is 0 Å². The number of nitrogens with zero attached hydrogens (tertiary/aromatic N) is 2. The van der Waals surface area contributed by atoms with Crippen molar-refractivity contribution < 1.29 is 19.3 Å². The molecule has 4 aromatic rings. The summed E-state index contributed by atoms with van der Waals surface area (Å²) in [4.78, 5) is 36.0. The maximum absolute atomic E-state index is 12.4. The number of hydrogen-bond acceptors (Lipinski definition) is 8. The quantitative estimate of drug-likeness (QED) is 0.203. The molecule has 158 valence electrons. The van der Waals surface area contributed by atoms with E-state index in [1.54, 1.807) is 59.3 Å². The second kappa shape index (κ2) is 10.4. The third-order valence-electron chi connectivity index (χ3n) is 4.20. The largest absolute Gasteiger partial charge is 0.375 e. The Kier molecular flexibility index (Phi) is 6.96. The number of rotatable bonds is 7. The van der Waals surface area contributed by atoms with E-state index in [2.05, 4.69) is 10.3 Å². The normalized spacial score (nSPS) is 11.8. The molecule has 0 fully saturated rings. The van der Waals surface area contributed by atoms with Crippen molar-refractivity contribution in [3.63, 3.8) is 0 Å². The van der Waals surface area contributed by atoms with E-state index in [9.17, 15) is 9.59 Å². The lowest BCUT2D eigenvalue weighted by Gasteiger charge is -2.10. The van der Waals surface area contributed by atoms with Gasteiger partial charge in [-0.15, -0.1) is 22.7 Å². The Balaban J connectivity index is 1.74. The summed E-state index contributed by atoms with van der Waals surface area (Å²) in [6.45, 7) is 0. The van der Waals surface area contributed by atoms with Crippen molar-refractivity contribution in [2.24, 2.45) is 10.3 Å². The summed E-state index contributed by atoms with van der Waals surface area (Å²) in [6, 6.07) is 25.0. The van der Waals surface area contributed by atoms with Crippen molar-refractivity contribution in [3.05, 3.63) is 117 Å². The first-order chi connectivity index (χ1) is 15.7. The molecule has 0 unspecified atom stereocenters. The van der Waals surface area contributed by atoms with E-state index in [-0.39, 0.29) is 11.4 Å². The van der Waals surface area contributed by atoms with E-state index in [1.165, 1.54) is 22.7 Å². The summed E-state index contributed by atoms with van der Waals surface area (Å²) < 4.78 is 0. The van der Waals surface area contributed by atoms with Crippen LogP contribution in [0.2, 0.25) is 0 Å². The van der Waals surface area contributed by atoms with Gasteiger partial charge in [-0.3, -0.25) is 0 Å². The molecular formula is C24H16N2O4S2. The highest BCUT2D eigenvalue weighted by atomic mass is 32.1. The van der Waals surface area contributed by atoms with Crippen LogP contribution in [0.15, 0.2) is 106 Å². The molecule has 32 heavy (non-hydrogen) atoms. The zero-order valence-corrected chi connectivity index (χ0v) is 18.2. The van der Waals surface area contributed by atoms with Crippen molar-refractivity contribution in [2.45, 2.75) is 0 Å². The lowest BCUT2D eigenvalue weighted by molar-refractivity contribution is 0.0508. The van der Waals surface area contributed by atoms with Crippen LogP contribution in [0, 0.1) is 0 Å². The molecule has 0 bridgehead atoms. The molecule has 0 radical (unpaired) electrons. The van der Waals surface area contributed by atoms with Crippen LogP contribution >= 0.6 is 22.7 Å². The number of thiophene rings is 2. The molecule has 0 aliphatic carbocycles. The molecule has 0 aliphatic rings. The lowest BCUT2D eigenvalue weighted by atomic mass is 10.00. The monoisotopic (exact) mass is 460 g/mol. The minimum Gasteiger partial charge on any atom is -0.311 e. The molecule has 0 N–H and O–H groups in total. The van der Waals surface area contributed by atoms with E-state index in [1.807, 2.05) is 36.4 Å². The van der Waals surface area contributed by atoms with Crippen LogP contribution in [0.25, 0.3) is 0 Å². The first-order valence-corrected chi connectivity index (χ1v) is 11.2. The minimum atomic E-state index is -0.587. The first kappa shape index (κ1) is 21.4. The molecule has 0 aliphatic heterocycles. The molecular weight excluding hydrogens is 444 g/mol. The average Bonchev–Trinajstić information content (AvgIpc) is 3.57. The van der Waals surface area contributed by atoms with E-state index in [0.29, 0.717) is 20.9 Å². The van der Waals surface area contributed by atoms with Crippen LogP contribution in [0.4, 0.5) is 0 Å². The molecule has 2 heterocycles. The maximum Gasteiger partial charge on any atom is 0.375 e. The van der Waals surface area contributed by atoms with Crippen LogP contribution in [-0.2, 0) is 9.68 Å². The number of carbonyl (C=O) groups excluding carboxylic acids is 2. The van der Waals surface area contributed by atoms with Crippen LogP contribution in [0.1, 0.15) is 30.5 Å². The number of oxime groups is 2. The van der Waals surface area contributed by atoms with Gasteiger partial charge in [0.25, 0.3) is 0 Å². The van der Waals surface area contributed by atoms with Gasteiger partial charge >= 0.3 is 11.9 Å². The number of carbonyl (C=O) groups is 2. The van der Waals surface area contributed by atoms with E-state index >= 15 is 0 Å². The van der Waals surface area contributed by atoms with E-state index in [4.69, 9.17) is 9.68 Å². The Hall–Kier alpha value is -3.88. The molecule has 0 amide bonds. The van der Waals surface area contributed by atoms with Crippen molar-refractivity contribution in [2.75, 3.05) is 0 Å². The highest BCUT2D eigenvalue weighted by Crippen LogP contribution is 2.15. The van der Waals surface area contributed by atoms with Gasteiger partial charge < -0.3 is 9.68 Å². The Labute approximate surface area is 192 Å². The predicted octanol–water partition coefficient (Wildman–Crippen LogP) is 5.63. The molecule has 4 rings (SSSR count). The third kappa shape index (κ3) is 5.23. The average molecular weight is 461 g/mol. The molecule has 6 nitrogen and oxygen atoms in total. The van der Waals surface area contributed by atoms with Gasteiger partial charge in [0.1, 0.15) is 21.2 Å². The van der Waals surface area contributed by atoms with Gasteiger partial charge in [-0.2, -0.15) is 0 Å². The zero-order valence-electron chi connectivity index (χ0n) is 16.6. The summed E-state index contributed by atoms with van der Waals surface area (Å²) in [5.41, 5.74) is 1.78. The smallest absolute Gasteiger partial charge is 0.311 e. The van der Waals surface area contributed by atoms with Gasteiger partial charge in [-0.05, 0) is 22.9 Å². The standard InChI is InChI=1S/C24H16N2O4S2/c27-23(19-13-7-15-31-19)29-25-21(17-9-3-1-4-10-17)22(18-11-5-2-6-12-18)26-30-24(28)20-14-8-16-32-20/h1-16H/b25-21-,26-22-. The van der Waals surface area contributed by atoms with Gasteiger partial charge in [0, 0.05) is 11.1 Å². The fourth-order valence-corrected chi connectivity index (χ4v) is 3.90. The molecule has 0 atom stereocenters. The molecule has 2 aromatic heterocycles. The zero-order chi connectivity index (χ0) is 22.2. The molecule has 0 spiro atoms. The maximum atomic E-state index is 12.4. The highest BCUT2D eigenvalue weighted by molar-refractivity contribution is 7.12. The van der Waals surface area contributed by atoms with Crippen LogP contribution < -0.4 is 0 Å².